The fourth-order valence-electron chi connectivity index (χ4n) is 2.84. The van der Waals surface area contributed by atoms with E-state index in [0.29, 0.717) is 27.1 Å². The Morgan fingerprint density at radius 3 is 2.62 bits per heavy atom. The number of rotatable bonds is 5. The average Bonchev–Trinajstić information content (AvgIpc) is 3.43. The normalized spacial score (nSPS) is 11.3. The molecule has 4 rings (SSSR count). The first-order chi connectivity index (χ1) is 16.1. The number of alkyl halides is 3. The van der Waals surface area contributed by atoms with E-state index in [-0.39, 0.29) is 17.3 Å². The predicted octanol–water partition coefficient (Wildman–Crippen LogP) is 3.72. The van der Waals surface area contributed by atoms with Crippen LogP contribution in [0.4, 0.5) is 24.1 Å². The third kappa shape index (κ3) is 5.06. The molecule has 14 heteroatoms. The zero-order valence-corrected chi connectivity index (χ0v) is 18.4. The topological polar surface area (TPSA) is 128 Å². The molecule has 4 aromatic rings. The molecule has 0 aromatic carbocycles. The van der Waals surface area contributed by atoms with Crippen LogP contribution in [-0.2, 0) is 11.0 Å². The van der Waals surface area contributed by atoms with Gasteiger partial charge in [-0.1, -0.05) is 16.6 Å². The summed E-state index contributed by atoms with van der Waals surface area (Å²) in [4.78, 5) is 36.5. The molecule has 0 spiro atoms. The molecule has 0 radical (unpaired) electrons. The minimum absolute atomic E-state index is 0.0857. The number of halogens is 3. The quantitative estimate of drug-likeness (QED) is 0.438. The number of aryl methyl sites for hydroxylation is 1. The van der Waals surface area contributed by atoms with Crippen LogP contribution in [0.1, 0.15) is 28.5 Å². The maximum atomic E-state index is 12.9. The number of thiazole rings is 1. The van der Waals surface area contributed by atoms with Gasteiger partial charge in [-0.15, -0.1) is 5.10 Å². The van der Waals surface area contributed by atoms with Crippen LogP contribution in [0.25, 0.3) is 16.3 Å². The number of carbonyl (C=O) groups excluding carboxylic acids is 2. The largest absolute Gasteiger partial charge is 0.416 e. The van der Waals surface area contributed by atoms with E-state index in [4.69, 9.17) is 0 Å². The first kappa shape index (κ1) is 23.0. The Kier molecular flexibility index (Phi) is 6.06. The van der Waals surface area contributed by atoms with E-state index in [2.05, 4.69) is 35.9 Å². The average molecular weight is 488 g/mol. The van der Waals surface area contributed by atoms with Crippen molar-refractivity contribution >= 4 is 34.1 Å². The maximum absolute atomic E-state index is 12.9. The molecule has 0 bridgehead atoms. The summed E-state index contributed by atoms with van der Waals surface area (Å²) in [7, 11) is 0. The number of hydrogen-bond acceptors (Lipinski definition) is 8. The molecule has 0 unspecified atom stereocenters. The first-order valence-corrected chi connectivity index (χ1v) is 10.4. The summed E-state index contributed by atoms with van der Waals surface area (Å²) in [6.07, 6.45) is 0.840. The Balaban J connectivity index is 1.57. The molecule has 4 aromatic heterocycles. The molecule has 34 heavy (non-hydrogen) atoms. The summed E-state index contributed by atoms with van der Waals surface area (Å²) in [5.74, 6) is -1.19. The van der Waals surface area contributed by atoms with Gasteiger partial charge >= 0.3 is 6.18 Å². The molecule has 0 aliphatic carbocycles. The molecule has 10 nitrogen and oxygen atoms in total. The van der Waals surface area contributed by atoms with Gasteiger partial charge in [-0.3, -0.25) is 14.6 Å². The highest BCUT2D eigenvalue weighted by atomic mass is 32.1. The summed E-state index contributed by atoms with van der Waals surface area (Å²) in [6, 6.07) is 3.04. The van der Waals surface area contributed by atoms with Crippen molar-refractivity contribution in [1.29, 1.82) is 0 Å². The maximum Gasteiger partial charge on any atom is 0.416 e. The standard InChI is InChI=1S/C20H15F3N8O2S/c1-10-15(31-9-14(29-30-31)16-8-26-19(34-16)27-11(2)32)5-12(7-25-10)18(33)28-17-6-13(3-4-24-17)20(21,22)23/h3-9H,1-2H3,(H,24,28,33)(H,26,27,32). The summed E-state index contributed by atoms with van der Waals surface area (Å²) in [6.45, 7) is 3.08. The van der Waals surface area contributed by atoms with Crippen molar-refractivity contribution in [2.75, 3.05) is 10.6 Å². The number of nitrogens with one attached hydrogen (secondary N) is 2. The number of anilines is 2. The second-order valence-corrected chi connectivity index (χ2v) is 8.00. The first-order valence-electron chi connectivity index (χ1n) is 9.58. The van der Waals surface area contributed by atoms with Crippen LogP contribution >= 0.6 is 11.3 Å². The van der Waals surface area contributed by atoms with Crippen molar-refractivity contribution in [1.82, 2.24) is 29.9 Å². The number of amides is 2. The Morgan fingerprint density at radius 2 is 1.88 bits per heavy atom. The fourth-order valence-corrected chi connectivity index (χ4v) is 3.65. The Labute approximate surface area is 193 Å². The lowest BCUT2D eigenvalue weighted by Gasteiger charge is -2.10. The van der Waals surface area contributed by atoms with Gasteiger partial charge in [0.05, 0.1) is 33.6 Å². The van der Waals surface area contributed by atoms with Gasteiger partial charge in [0.25, 0.3) is 5.91 Å². The van der Waals surface area contributed by atoms with Gasteiger partial charge in [-0.2, -0.15) is 13.2 Å². The van der Waals surface area contributed by atoms with Crippen molar-refractivity contribution in [3.63, 3.8) is 0 Å². The molecule has 0 fully saturated rings. The highest BCUT2D eigenvalue weighted by molar-refractivity contribution is 7.19. The van der Waals surface area contributed by atoms with E-state index in [0.717, 1.165) is 18.3 Å². The molecule has 0 saturated carbocycles. The molecule has 2 amide bonds. The highest BCUT2D eigenvalue weighted by Crippen LogP contribution is 2.30. The van der Waals surface area contributed by atoms with Crippen LogP contribution in [0.3, 0.4) is 0 Å². The van der Waals surface area contributed by atoms with E-state index in [1.165, 1.54) is 35.2 Å². The Hall–Kier alpha value is -4.20. The van der Waals surface area contributed by atoms with Gasteiger partial charge in [0.1, 0.15) is 11.5 Å². The zero-order valence-electron chi connectivity index (χ0n) is 17.6. The van der Waals surface area contributed by atoms with Gasteiger partial charge in [0.2, 0.25) is 5.91 Å². The third-order valence-electron chi connectivity index (χ3n) is 4.43. The van der Waals surface area contributed by atoms with E-state index in [1.54, 1.807) is 19.3 Å². The smallest absolute Gasteiger partial charge is 0.307 e. The number of aromatic nitrogens is 6. The summed E-state index contributed by atoms with van der Waals surface area (Å²) >= 11 is 1.21. The highest BCUT2D eigenvalue weighted by Gasteiger charge is 2.31. The lowest BCUT2D eigenvalue weighted by Crippen LogP contribution is -2.15. The van der Waals surface area contributed by atoms with Crippen LogP contribution in [0.15, 0.2) is 43.0 Å². The monoisotopic (exact) mass is 488 g/mol. The van der Waals surface area contributed by atoms with Crippen molar-refractivity contribution in [2.24, 2.45) is 0 Å². The molecular formula is C20H15F3N8O2S. The van der Waals surface area contributed by atoms with Crippen LogP contribution in [0.5, 0.6) is 0 Å². The van der Waals surface area contributed by atoms with Crippen LogP contribution in [0.2, 0.25) is 0 Å². The van der Waals surface area contributed by atoms with Crippen LogP contribution in [-0.4, -0.2) is 41.8 Å². The van der Waals surface area contributed by atoms with Gasteiger partial charge < -0.3 is 10.6 Å². The summed E-state index contributed by atoms with van der Waals surface area (Å²) < 4.78 is 40.1. The molecule has 0 aliphatic rings. The van der Waals surface area contributed by atoms with Crippen LogP contribution < -0.4 is 10.6 Å². The zero-order chi connectivity index (χ0) is 24.5. The van der Waals surface area contributed by atoms with Crippen LogP contribution in [0, 0.1) is 6.92 Å². The predicted molar refractivity (Wildman–Crippen MR) is 116 cm³/mol. The third-order valence-corrected chi connectivity index (χ3v) is 5.37. The Morgan fingerprint density at radius 1 is 1.09 bits per heavy atom. The van der Waals surface area contributed by atoms with Gasteiger partial charge in [-0.05, 0) is 25.1 Å². The number of pyridine rings is 2. The minimum Gasteiger partial charge on any atom is -0.307 e. The lowest BCUT2D eigenvalue weighted by molar-refractivity contribution is -0.137. The van der Waals surface area contributed by atoms with Gasteiger partial charge in [0, 0.05) is 25.5 Å². The Bertz CT molecular complexity index is 1380. The number of carbonyl (C=O) groups is 2. The molecule has 0 saturated heterocycles. The van der Waals surface area contributed by atoms with Crippen molar-refractivity contribution in [3.05, 3.63) is 59.8 Å². The second kappa shape index (κ2) is 8.97. The van der Waals surface area contributed by atoms with Crippen molar-refractivity contribution in [3.8, 4) is 16.3 Å². The minimum atomic E-state index is -4.56. The van der Waals surface area contributed by atoms with E-state index in [1.807, 2.05) is 0 Å². The van der Waals surface area contributed by atoms with E-state index >= 15 is 0 Å². The number of hydrogen-bond donors (Lipinski definition) is 2. The molecule has 174 valence electrons. The van der Waals surface area contributed by atoms with Crippen molar-refractivity contribution < 1.29 is 22.8 Å². The van der Waals surface area contributed by atoms with Gasteiger partial charge in [-0.25, -0.2) is 14.6 Å². The second-order valence-electron chi connectivity index (χ2n) is 6.97. The fraction of sp³-hybridized carbons (Fsp3) is 0.150. The molecule has 4 heterocycles. The number of nitrogens with zero attached hydrogens (tertiary/aromatic N) is 6. The van der Waals surface area contributed by atoms with E-state index < -0.39 is 17.6 Å². The molecule has 0 aliphatic heterocycles. The lowest BCUT2D eigenvalue weighted by atomic mass is 10.2. The molecular weight excluding hydrogens is 473 g/mol. The summed E-state index contributed by atoms with van der Waals surface area (Å²) in [5, 5.41) is 13.5. The summed E-state index contributed by atoms with van der Waals surface area (Å²) in [5.41, 5.74) is 0.614. The molecule has 0 atom stereocenters. The SMILES string of the molecule is CC(=O)Nc1ncc(-c2cn(-c3cc(C(=O)Nc4cc(C(F)(F)F)ccn4)cnc3C)nn2)s1. The van der Waals surface area contributed by atoms with Gasteiger partial charge in [0.15, 0.2) is 5.13 Å². The van der Waals surface area contributed by atoms with E-state index in [9.17, 15) is 22.8 Å². The molecule has 2 N–H and O–H groups in total. The van der Waals surface area contributed by atoms with Crippen molar-refractivity contribution in [2.45, 2.75) is 20.0 Å².